The van der Waals surface area contributed by atoms with Crippen molar-refractivity contribution < 1.29 is 0 Å². The van der Waals surface area contributed by atoms with Gasteiger partial charge in [-0.2, -0.15) is 0 Å². The molecule has 0 radical (unpaired) electrons. The van der Waals surface area contributed by atoms with Gasteiger partial charge >= 0.3 is 0 Å². The molecule has 104 valence electrons. The van der Waals surface area contributed by atoms with Crippen molar-refractivity contribution in [2.24, 2.45) is 30.0 Å². The first-order valence-corrected chi connectivity index (χ1v) is 7.62. The van der Waals surface area contributed by atoms with E-state index < -0.39 is 0 Å². The SMILES string of the molecule is Cn1c(CN)nnc1C12CC3CC(CC(C)(C3)C1)C2. The maximum Gasteiger partial charge on any atom is 0.146 e. The van der Waals surface area contributed by atoms with Gasteiger partial charge in [-0.25, -0.2) is 0 Å². The highest BCUT2D eigenvalue weighted by molar-refractivity contribution is 5.20. The lowest BCUT2D eigenvalue weighted by molar-refractivity contribution is -0.0658. The predicted octanol–water partition coefficient (Wildman–Crippen LogP) is 2.13. The summed E-state index contributed by atoms with van der Waals surface area (Å²) < 4.78 is 2.18. The Hall–Kier alpha value is -0.900. The van der Waals surface area contributed by atoms with Crippen LogP contribution in [0.2, 0.25) is 0 Å². The van der Waals surface area contributed by atoms with E-state index in [9.17, 15) is 0 Å². The smallest absolute Gasteiger partial charge is 0.146 e. The summed E-state index contributed by atoms with van der Waals surface area (Å²) in [6.45, 7) is 2.99. The van der Waals surface area contributed by atoms with Crippen LogP contribution in [-0.4, -0.2) is 14.8 Å². The molecule has 2 atom stereocenters. The van der Waals surface area contributed by atoms with Crippen molar-refractivity contribution in [3.05, 3.63) is 11.6 Å². The first kappa shape index (κ1) is 11.9. The molecule has 4 fully saturated rings. The van der Waals surface area contributed by atoms with Crippen LogP contribution in [0.15, 0.2) is 0 Å². The van der Waals surface area contributed by atoms with Gasteiger partial charge in [0.2, 0.25) is 0 Å². The van der Waals surface area contributed by atoms with Gasteiger partial charge < -0.3 is 10.3 Å². The minimum absolute atomic E-state index is 0.300. The molecular formula is C15H24N4. The van der Waals surface area contributed by atoms with Crippen LogP contribution in [-0.2, 0) is 19.0 Å². The third-order valence-corrected chi connectivity index (χ3v) is 5.98. The van der Waals surface area contributed by atoms with Crippen molar-refractivity contribution in [2.45, 2.75) is 57.4 Å². The van der Waals surface area contributed by atoms with Crippen molar-refractivity contribution in [3.63, 3.8) is 0 Å². The van der Waals surface area contributed by atoms with Crippen LogP contribution in [0.25, 0.3) is 0 Å². The Morgan fingerprint density at radius 3 is 2.42 bits per heavy atom. The Labute approximate surface area is 114 Å². The fourth-order valence-electron chi connectivity index (χ4n) is 5.98. The largest absolute Gasteiger partial charge is 0.324 e. The van der Waals surface area contributed by atoms with Crippen LogP contribution in [0, 0.1) is 17.3 Å². The minimum Gasteiger partial charge on any atom is -0.324 e. The number of aromatic nitrogens is 3. The highest BCUT2D eigenvalue weighted by atomic mass is 15.3. The highest BCUT2D eigenvalue weighted by Gasteiger charge is 2.58. The molecule has 1 aromatic rings. The van der Waals surface area contributed by atoms with E-state index in [0.717, 1.165) is 17.7 Å². The molecule has 2 unspecified atom stereocenters. The summed E-state index contributed by atoms with van der Waals surface area (Å²) in [6, 6.07) is 0. The summed E-state index contributed by atoms with van der Waals surface area (Å²) in [7, 11) is 2.10. The summed E-state index contributed by atoms with van der Waals surface area (Å²) in [5.41, 5.74) is 6.61. The Morgan fingerprint density at radius 1 is 1.21 bits per heavy atom. The first-order valence-electron chi connectivity index (χ1n) is 7.62. The average molecular weight is 260 g/mol. The number of nitrogens with zero attached hydrogens (tertiary/aromatic N) is 3. The lowest BCUT2D eigenvalue weighted by atomic mass is 9.44. The van der Waals surface area contributed by atoms with Gasteiger partial charge in [-0.15, -0.1) is 10.2 Å². The maximum atomic E-state index is 5.76. The average Bonchev–Trinajstić information content (AvgIpc) is 2.67. The number of hydrogen-bond acceptors (Lipinski definition) is 3. The molecule has 4 heteroatoms. The van der Waals surface area contributed by atoms with Gasteiger partial charge in [0, 0.05) is 12.5 Å². The van der Waals surface area contributed by atoms with Gasteiger partial charge in [0.1, 0.15) is 11.6 Å². The van der Waals surface area contributed by atoms with Crippen LogP contribution >= 0.6 is 0 Å². The highest BCUT2D eigenvalue weighted by Crippen LogP contribution is 2.65. The molecular weight excluding hydrogens is 236 g/mol. The Balaban J connectivity index is 1.79. The van der Waals surface area contributed by atoms with Crippen LogP contribution in [0.1, 0.15) is 57.1 Å². The second kappa shape index (κ2) is 3.60. The zero-order chi connectivity index (χ0) is 13.3. The van der Waals surface area contributed by atoms with Crippen LogP contribution in [0.4, 0.5) is 0 Å². The molecule has 1 heterocycles. The van der Waals surface area contributed by atoms with Crippen LogP contribution in [0.5, 0.6) is 0 Å². The number of nitrogens with two attached hydrogens (primary N) is 1. The second-order valence-corrected chi connectivity index (χ2v) is 7.75. The van der Waals surface area contributed by atoms with E-state index in [1.165, 1.54) is 44.3 Å². The molecule has 0 saturated heterocycles. The molecule has 0 aliphatic heterocycles. The van der Waals surface area contributed by atoms with Gasteiger partial charge in [0.25, 0.3) is 0 Å². The third kappa shape index (κ3) is 1.55. The summed E-state index contributed by atoms with van der Waals surface area (Å²) in [5.74, 6) is 3.98. The molecule has 1 aromatic heterocycles. The van der Waals surface area contributed by atoms with Crippen LogP contribution in [0.3, 0.4) is 0 Å². The summed E-state index contributed by atoms with van der Waals surface area (Å²) in [4.78, 5) is 0. The van der Waals surface area contributed by atoms with Crippen molar-refractivity contribution in [1.82, 2.24) is 14.8 Å². The topological polar surface area (TPSA) is 56.7 Å². The van der Waals surface area contributed by atoms with Gasteiger partial charge in [0.15, 0.2) is 0 Å². The lowest BCUT2D eigenvalue weighted by Crippen LogP contribution is -2.53. The number of hydrogen-bond donors (Lipinski definition) is 1. The number of rotatable bonds is 2. The fourth-order valence-corrected chi connectivity index (χ4v) is 5.98. The molecule has 0 aromatic carbocycles. The molecule has 4 nitrogen and oxygen atoms in total. The Morgan fingerprint density at radius 2 is 1.89 bits per heavy atom. The van der Waals surface area contributed by atoms with Gasteiger partial charge in [-0.1, -0.05) is 6.92 Å². The van der Waals surface area contributed by atoms with E-state index in [-0.39, 0.29) is 0 Å². The van der Waals surface area contributed by atoms with Gasteiger partial charge in [-0.3, -0.25) is 0 Å². The minimum atomic E-state index is 0.300. The van der Waals surface area contributed by atoms with E-state index in [2.05, 4.69) is 28.7 Å². The lowest BCUT2D eigenvalue weighted by Gasteiger charge is -2.60. The zero-order valence-corrected chi connectivity index (χ0v) is 12.0. The van der Waals surface area contributed by atoms with E-state index >= 15 is 0 Å². The van der Waals surface area contributed by atoms with E-state index in [0.29, 0.717) is 17.4 Å². The third-order valence-electron chi connectivity index (χ3n) is 5.98. The second-order valence-electron chi connectivity index (χ2n) is 7.75. The molecule has 0 amide bonds. The van der Waals surface area contributed by atoms with Crippen LogP contribution < -0.4 is 5.73 Å². The van der Waals surface area contributed by atoms with E-state index in [1.54, 1.807) is 0 Å². The van der Waals surface area contributed by atoms with Gasteiger partial charge in [-0.05, 0) is 55.8 Å². The molecule has 4 saturated carbocycles. The summed E-state index contributed by atoms with van der Waals surface area (Å²) >= 11 is 0. The zero-order valence-electron chi connectivity index (χ0n) is 12.0. The van der Waals surface area contributed by atoms with Crippen molar-refractivity contribution in [1.29, 1.82) is 0 Å². The molecule has 2 N–H and O–H groups in total. The maximum absolute atomic E-state index is 5.76. The molecule has 5 rings (SSSR count). The first-order chi connectivity index (χ1) is 9.04. The van der Waals surface area contributed by atoms with Crippen molar-refractivity contribution in [2.75, 3.05) is 0 Å². The standard InChI is InChI=1S/C15H24N4/c1-14-4-10-3-11(5-14)7-15(6-10,9-14)13-18-17-12(8-16)19(13)2/h10-11H,3-9,16H2,1-2H3. The predicted molar refractivity (Wildman–Crippen MR) is 73.4 cm³/mol. The normalized spacial score (nSPS) is 43.9. The van der Waals surface area contributed by atoms with E-state index in [1.807, 2.05) is 0 Å². The van der Waals surface area contributed by atoms with Crippen molar-refractivity contribution in [3.8, 4) is 0 Å². The fraction of sp³-hybridized carbons (Fsp3) is 0.867. The molecule has 19 heavy (non-hydrogen) atoms. The van der Waals surface area contributed by atoms with E-state index in [4.69, 9.17) is 5.73 Å². The monoisotopic (exact) mass is 260 g/mol. The molecule has 4 aliphatic carbocycles. The van der Waals surface area contributed by atoms with Crippen molar-refractivity contribution >= 4 is 0 Å². The van der Waals surface area contributed by atoms with Gasteiger partial charge in [0.05, 0.1) is 6.54 Å². The molecule has 4 bridgehead atoms. The quantitative estimate of drug-likeness (QED) is 0.886. The molecule has 0 spiro atoms. The Bertz CT molecular complexity index is 504. The Kier molecular flexibility index (Phi) is 2.25. The summed E-state index contributed by atoms with van der Waals surface area (Å²) in [6.07, 6.45) is 8.30. The summed E-state index contributed by atoms with van der Waals surface area (Å²) in [5, 5.41) is 8.84. The molecule has 4 aliphatic rings.